The van der Waals surface area contributed by atoms with E-state index in [0.717, 1.165) is 23.8 Å². The highest BCUT2D eigenvalue weighted by atomic mass is 32.2. The quantitative estimate of drug-likeness (QED) is 0.726. The first kappa shape index (κ1) is 11.1. The molecule has 4 nitrogen and oxygen atoms in total. The van der Waals surface area contributed by atoms with Crippen LogP contribution in [0.2, 0.25) is 0 Å². The highest BCUT2D eigenvalue weighted by Crippen LogP contribution is 2.08. The van der Waals surface area contributed by atoms with Gasteiger partial charge in [0, 0.05) is 31.1 Å². The Morgan fingerprint density at radius 2 is 2.21 bits per heavy atom. The second-order valence-electron chi connectivity index (χ2n) is 2.89. The molecule has 0 spiro atoms. The van der Waals surface area contributed by atoms with Crippen LogP contribution in [0.3, 0.4) is 0 Å². The molecule has 0 bridgehead atoms. The van der Waals surface area contributed by atoms with E-state index in [-0.39, 0.29) is 0 Å². The summed E-state index contributed by atoms with van der Waals surface area (Å²) in [5.74, 6) is 2.63. The second kappa shape index (κ2) is 5.70. The van der Waals surface area contributed by atoms with Crippen molar-refractivity contribution in [2.75, 3.05) is 36.2 Å². The van der Waals surface area contributed by atoms with Crippen molar-refractivity contribution in [3.8, 4) is 0 Å². The number of aromatic nitrogens is 2. The summed E-state index contributed by atoms with van der Waals surface area (Å²) in [4.78, 5) is 8.49. The molecule has 0 saturated carbocycles. The molecule has 0 unspecified atom stereocenters. The van der Waals surface area contributed by atoms with Gasteiger partial charge in [-0.25, -0.2) is 4.98 Å². The maximum Gasteiger partial charge on any atom is 0.224 e. The van der Waals surface area contributed by atoms with Crippen molar-refractivity contribution in [2.24, 2.45) is 0 Å². The normalized spacial score (nSPS) is 9.93. The van der Waals surface area contributed by atoms with Crippen molar-refractivity contribution in [1.82, 2.24) is 9.97 Å². The summed E-state index contributed by atoms with van der Waals surface area (Å²) in [6.45, 7) is 2.89. The Hall–Kier alpha value is -0.970. The molecule has 5 heteroatoms. The van der Waals surface area contributed by atoms with Crippen LogP contribution in [0.25, 0.3) is 0 Å². The minimum absolute atomic E-state index is 0.664. The maximum absolute atomic E-state index is 4.28. The van der Waals surface area contributed by atoms with Crippen LogP contribution in [0.4, 0.5) is 11.8 Å². The van der Waals surface area contributed by atoms with Crippen molar-refractivity contribution >= 4 is 23.5 Å². The summed E-state index contributed by atoms with van der Waals surface area (Å²) in [5.41, 5.74) is 0.969. The van der Waals surface area contributed by atoms with Gasteiger partial charge in [0.2, 0.25) is 5.95 Å². The van der Waals surface area contributed by atoms with Crippen LogP contribution >= 0.6 is 11.8 Å². The van der Waals surface area contributed by atoms with Crippen molar-refractivity contribution in [3.63, 3.8) is 0 Å². The third-order valence-electron chi connectivity index (χ3n) is 1.69. The fourth-order valence-corrected chi connectivity index (χ4v) is 1.36. The van der Waals surface area contributed by atoms with E-state index >= 15 is 0 Å². The van der Waals surface area contributed by atoms with Crippen LogP contribution in [0.15, 0.2) is 6.07 Å². The van der Waals surface area contributed by atoms with Gasteiger partial charge in [0.15, 0.2) is 0 Å². The molecule has 0 saturated heterocycles. The van der Waals surface area contributed by atoms with Crippen molar-refractivity contribution in [1.29, 1.82) is 0 Å². The van der Waals surface area contributed by atoms with Crippen molar-refractivity contribution < 1.29 is 0 Å². The smallest absolute Gasteiger partial charge is 0.224 e. The molecule has 14 heavy (non-hydrogen) atoms. The average molecular weight is 212 g/mol. The number of aryl methyl sites for hydroxylation is 1. The average Bonchev–Trinajstić information content (AvgIpc) is 2.17. The lowest BCUT2D eigenvalue weighted by atomic mass is 10.4. The number of anilines is 2. The van der Waals surface area contributed by atoms with Crippen LogP contribution < -0.4 is 10.6 Å². The van der Waals surface area contributed by atoms with E-state index < -0.39 is 0 Å². The van der Waals surface area contributed by atoms with E-state index in [1.54, 1.807) is 0 Å². The van der Waals surface area contributed by atoms with E-state index in [2.05, 4.69) is 26.9 Å². The number of nitrogens with zero attached hydrogens (tertiary/aromatic N) is 2. The third-order valence-corrected chi connectivity index (χ3v) is 2.30. The Balaban J connectivity index is 2.62. The van der Waals surface area contributed by atoms with E-state index in [4.69, 9.17) is 0 Å². The highest BCUT2D eigenvalue weighted by molar-refractivity contribution is 7.98. The molecule has 0 radical (unpaired) electrons. The van der Waals surface area contributed by atoms with Gasteiger partial charge >= 0.3 is 0 Å². The Kier molecular flexibility index (Phi) is 4.52. The zero-order valence-electron chi connectivity index (χ0n) is 8.79. The number of rotatable bonds is 5. The summed E-state index contributed by atoms with van der Waals surface area (Å²) in [7, 11) is 1.82. The van der Waals surface area contributed by atoms with Crippen molar-refractivity contribution in [2.45, 2.75) is 6.92 Å². The number of hydrogen-bond acceptors (Lipinski definition) is 5. The van der Waals surface area contributed by atoms with Gasteiger partial charge in [0.1, 0.15) is 5.82 Å². The van der Waals surface area contributed by atoms with Crippen LogP contribution in [0.5, 0.6) is 0 Å². The van der Waals surface area contributed by atoms with E-state index in [1.165, 1.54) is 0 Å². The molecule has 0 aromatic carbocycles. The zero-order valence-corrected chi connectivity index (χ0v) is 9.61. The minimum atomic E-state index is 0.664. The molecule has 0 fully saturated rings. The van der Waals surface area contributed by atoms with E-state index in [9.17, 15) is 0 Å². The molecular formula is C9H16N4S. The molecule has 1 aromatic rings. The fraction of sp³-hybridized carbons (Fsp3) is 0.556. The molecule has 78 valence electrons. The van der Waals surface area contributed by atoms with Gasteiger partial charge in [-0.3, -0.25) is 0 Å². The molecule has 1 rings (SSSR count). The first-order chi connectivity index (χ1) is 6.76. The summed E-state index contributed by atoms with van der Waals surface area (Å²) in [6.07, 6.45) is 2.09. The molecule has 0 aliphatic rings. The molecule has 2 N–H and O–H groups in total. The molecular weight excluding hydrogens is 196 g/mol. The monoisotopic (exact) mass is 212 g/mol. The van der Waals surface area contributed by atoms with Gasteiger partial charge in [0.05, 0.1) is 0 Å². The summed E-state index contributed by atoms with van der Waals surface area (Å²) >= 11 is 1.81. The van der Waals surface area contributed by atoms with Gasteiger partial charge in [-0.05, 0) is 13.2 Å². The predicted octanol–water partition coefficient (Wildman–Crippen LogP) is 1.60. The Morgan fingerprint density at radius 3 is 2.86 bits per heavy atom. The highest BCUT2D eigenvalue weighted by Gasteiger charge is 1.99. The summed E-state index contributed by atoms with van der Waals surface area (Å²) in [6, 6.07) is 1.95. The minimum Gasteiger partial charge on any atom is -0.369 e. The van der Waals surface area contributed by atoms with Gasteiger partial charge in [0.25, 0.3) is 0 Å². The Labute approximate surface area is 88.9 Å². The fourth-order valence-electron chi connectivity index (χ4n) is 1.05. The first-order valence-electron chi connectivity index (χ1n) is 4.52. The number of hydrogen-bond donors (Lipinski definition) is 2. The maximum atomic E-state index is 4.28. The SMILES string of the molecule is CNc1nc(C)cc(NCCSC)n1. The van der Waals surface area contributed by atoms with Crippen molar-refractivity contribution in [3.05, 3.63) is 11.8 Å². The third kappa shape index (κ3) is 3.41. The van der Waals surface area contributed by atoms with E-state index in [0.29, 0.717) is 5.95 Å². The Morgan fingerprint density at radius 1 is 1.43 bits per heavy atom. The molecule has 0 amide bonds. The topological polar surface area (TPSA) is 49.8 Å². The van der Waals surface area contributed by atoms with Gasteiger partial charge in [-0.15, -0.1) is 0 Å². The lowest BCUT2D eigenvalue weighted by molar-refractivity contribution is 1.07. The summed E-state index contributed by atoms with van der Waals surface area (Å²) in [5, 5.41) is 6.18. The lowest BCUT2D eigenvalue weighted by Crippen LogP contribution is -2.08. The van der Waals surface area contributed by atoms with Gasteiger partial charge in [-0.1, -0.05) is 0 Å². The largest absolute Gasteiger partial charge is 0.369 e. The zero-order chi connectivity index (χ0) is 10.4. The molecule has 1 heterocycles. The first-order valence-corrected chi connectivity index (χ1v) is 5.92. The van der Waals surface area contributed by atoms with Crippen LogP contribution in [-0.2, 0) is 0 Å². The van der Waals surface area contributed by atoms with E-state index in [1.807, 2.05) is 31.8 Å². The number of thioether (sulfide) groups is 1. The van der Waals surface area contributed by atoms with Crippen LogP contribution in [-0.4, -0.2) is 35.6 Å². The van der Waals surface area contributed by atoms with Crippen LogP contribution in [0.1, 0.15) is 5.69 Å². The van der Waals surface area contributed by atoms with Gasteiger partial charge in [-0.2, -0.15) is 16.7 Å². The second-order valence-corrected chi connectivity index (χ2v) is 3.87. The van der Waals surface area contributed by atoms with Gasteiger partial charge < -0.3 is 10.6 Å². The lowest BCUT2D eigenvalue weighted by Gasteiger charge is -2.07. The Bertz CT molecular complexity index is 290. The predicted molar refractivity (Wildman–Crippen MR) is 63.2 cm³/mol. The van der Waals surface area contributed by atoms with Crippen LogP contribution in [0, 0.1) is 6.92 Å². The molecule has 0 atom stereocenters. The number of nitrogens with one attached hydrogen (secondary N) is 2. The summed E-state index contributed by atoms with van der Waals surface area (Å²) < 4.78 is 0. The standard InChI is InChI=1S/C9H16N4S/c1-7-6-8(11-4-5-14-3)13-9(10-2)12-7/h6H,4-5H2,1-3H3,(H2,10,11,12,13). The molecule has 1 aromatic heterocycles. The molecule has 0 aliphatic carbocycles. The molecule has 0 aliphatic heterocycles.